The van der Waals surface area contributed by atoms with Gasteiger partial charge in [0, 0.05) is 17.1 Å². The van der Waals surface area contributed by atoms with Crippen LogP contribution < -0.4 is 0 Å². The number of hydrogen-bond acceptors (Lipinski definition) is 3. The summed E-state index contributed by atoms with van der Waals surface area (Å²) in [6, 6.07) is 4.14. The Morgan fingerprint density at radius 3 is 2.81 bits per heavy atom. The smallest absolute Gasteiger partial charge is 0.258 e. The number of alkyl halides is 1. The Morgan fingerprint density at radius 1 is 1.48 bits per heavy atom. The van der Waals surface area contributed by atoms with Gasteiger partial charge >= 0.3 is 0 Å². The summed E-state index contributed by atoms with van der Waals surface area (Å²) in [5, 5.41) is 11.1. The first-order valence-corrected chi connectivity index (χ1v) is 7.18. The molecule has 0 aliphatic rings. The average Bonchev–Trinajstić information content (AvgIpc) is 2.40. The lowest BCUT2D eigenvalue weighted by Gasteiger charge is -2.14. The van der Waals surface area contributed by atoms with Crippen molar-refractivity contribution in [3.05, 3.63) is 45.9 Å². The molecule has 112 valence electrons. The second-order valence-electron chi connectivity index (χ2n) is 5.44. The number of hydrogen-bond donors (Lipinski definition) is 0. The van der Waals surface area contributed by atoms with E-state index < -0.39 is 10.7 Å². The number of fused-ring (bicyclic) bond motifs is 1. The molecule has 1 heterocycles. The van der Waals surface area contributed by atoms with E-state index in [0.717, 1.165) is 12.5 Å². The molecule has 1 unspecified atom stereocenters. The van der Waals surface area contributed by atoms with Crippen LogP contribution in [0.1, 0.15) is 25.8 Å². The fourth-order valence-corrected chi connectivity index (χ4v) is 2.92. The zero-order chi connectivity index (χ0) is 15.6. The van der Waals surface area contributed by atoms with Crippen molar-refractivity contribution < 1.29 is 9.31 Å². The Labute approximate surface area is 127 Å². The number of halogens is 2. The van der Waals surface area contributed by atoms with Crippen molar-refractivity contribution in [2.75, 3.05) is 0 Å². The molecule has 6 heteroatoms. The van der Waals surface area contributed by atoms with Gasteiger partial charge in [0.05, 0.1) is 21.9 Å². The highest BCUT2D eigenvalue weighted by Gasteiger charge is 2.21. The third-order valence-electron chi connectivity index (χ3n) is 3.27. The van der Waals surface area contributed by atoms with E-state index in [1.807, 2.05) is 13.8 Å². The van der Waals surface area contributed by atoms with Gasteiger partial charge in [-0.05, 0) is 30.9 Å². The van der Waals surface area contributed by atoms with E-state index in [4.69, 9.17) is 11.6 Å². The van der Waals surface area contributed by atoms with Gasteiger partial charge < -0.3 is 0 Å². The van der Waals surface area contributed by atoms with Crippen molar-refractivity contribution in [2.45, 2.75) is 32.1 Å². The molecular formula is C15H16ClFN2O2. The number of non-ortho nitro benzene ring substituents is 1. The normalized spacial score (nSPS) is 12.8. The molecule has 1 aromatic heterocycles. The number of rotatable bonds is 5. The molecule has 4 nitrogen and oxygen atoms in total. The molecule has 0 saturated heterocycles. The molecule has 0 radical (unpaired) electrons. The lowest BCUT2D eigenvalue weighted by molar-refractivity contribution is -0.383. The van der Waals surface area contributed by atoms with Crippen LogP contribution in [0.4, 0.5) is 10.1 Å². The maximum Gasteiger partial charge on any atom is 0.281 e. The number of aromatic nitrogens is 1. The SMILES string of the molecule is CC(C)CC(Cl)Cc1c(F)cc([N+](=O)[O-])c2cccnc12. The van der Waals surface area contributed by atoms with Gasteiger partial charge in [0.25, 0.3) is 5.69 Å². The van der Waals surface area contributed by atoms with Gasteiger partial charge in [-0.2, -0.15) is 0 Å². The Hall–Kier alpha value is -1.75. The third kappa shape index (κ3) is 3.47. The van der Waals surface area contributed by atoms with Gasteiger partial charge in [0.1, 0.15) is 5.82 Å². The lowest BCUT2D eigenvalue weighted by Crippen LogP contribution is -2.10. The van der Waals surface area contributed by atoms with E-state index in [9.17, 15) is 14.5 Å². The summed E-state index contributed by atoms with van der Waals surface area (Å²) in [7, 11) is 0. The van der Waals surface area contributed by atoms with Crippen LogP contribution in [0.5, 0.6) is 0 Å². The van der Waals surface area contributed by atoms with Crippen molar-refractivity contribution in [3.8, 4) is 0 Å². The predicted octanol–water partition coefficient (Wildman–Crippen LogP) is 4.48. The first-order valence-electron chi connectivity index (χ1n) is 6.74. The largest absolute Gasteiger partial charge is 0.281 e. The molecule has 2 rings (SSSR count). The molecule has 1 aromatic carbocycles. The summed E-state index contributed by atoms with van der Waals surface area (Å²) in [5.41, 5.74) is 0.393. The highest BCUT2D eigenvalue weighted by molar-refractivity contribution is 6.20. The van der Waals surface area contributed by atoms with Crippen LogP contribution in [-0.2, 0) is 6.42 Å². The van der Waals surface area contributed by atoms with E-state index in [2.05, 4.69) is 4.98 Å². The maximum atomic E-state index is 14.2. The number of benzene rings is 1. The van der Waals surface area contributed by atoms with Crippen LogP contribution in [-0.4, -0.2) is 15.3 Å². The average molecular weight is 311 g/mol. The van der Waals surface area contributed by atoms with Crippen LogP contribution in [0.15, 0.2) is 24.4 Å². The Bertz CT molecular complexity index is 676. The number of nitro benzene ring substituents is 1. The van der Waals surface area contributed by atoms with Crippen molar-refractivity contribution >= 4 is 28.2 Å². The minimum absolute atomic E-state index is 0.230. The highest BCUT2D eigenvalue weighted by atomic mass is 35.5. The second kappa shape index (κ2) is 6.35. The Kier molecular flexibility index (Phi) is 4.73. The summed E-state index contributed by atoms with van der Waals surface area (Å²) >= 11 is 6.26. The molecule has 21 heavy (non-hydrogen) atoms. The minimum atomic E-state index is -0.623. The van der Waals surface area contributed by atoms with Crippen LogP contribution in [0.2, 0.25) is 0 Å². The zero-order valence-corrected chi connectivity index (χ0v) is 12.6. The summed E-state index contributed by atoms with van der Waals surface area (Å²) < 4.78 is 14.2. The van der Waals surface area contributed by atoms with Gasteiger partial charge in [-0.25, -0.2) is 4.39 Å². The first-order chi connectivity index (χ1) is 9.90. The summed E-state index contributed by atoms with van der Waals surface area (Å²) in [5.74, 6) is -0.227. The molecule has 1 atom stereocenters. The first kappa shape index (κ1) is 15.6. The molecular weight excluding hydrogens is 295 g/mol. The minimum Gasteiger partial charge on any atom is -0.258 e. The fourth-order valence-electron chi connectivity index (χ4n) is 2.41. The van der Waals surface area contributed by atoms with Crippen molar-refractivity contribution in [2.24, 2.45) is 5.92 Å². The van der Waals surface area contributed by atoms with Crippen LogP contribution >= 0.6 is 11.6 Å². The molecule has 0 bridgehead atoms. The van der Waals surface area contributed by atoms with Gasteiger partial charge in [0.2, 0.25) is 0 Å². The highest BCUT2D eigenvalue weighted by Crippen LogP contribution is 2.31. The molecule has 0 amide bonds. The monoisotopic (exact) mass is 310 g/mol. The third-order valence-corrected chi connectivity index (χ3v) is 3.60. The molecule has 0 aliphatic heterocycles. The molecule has 0 aliphatic carbocycles. The standard InChI is InChI=1S/C15H16ClFN2O2/c1-9(2)6-10(16)7-12-13(17)8-14(19(20)21)11-4-3-5-18-15(11)12/h3-5,8-10H,6-7H2,1-2H3. The number of nitrogens with zero attached hydrogens (tertiary/aromatic N) is 2. The Balaban J connectivity index is 2.52. The van der Waals surface area contributed by atoms with Gasteiger partial charge in [-0.15, -0.1) is 11.6 Å². The Morgan fingerprint density at radius 2 is 2.19 bits per heavy atom. The number of pyridine rings is 1. The topological polar surface area (TPSA) is 56.0 Å². The molecule has 0 saturated carbocycles. The van der Waals surface area contributed by atoms with Crippen LogP contribution in [0.3, 0.4) is 0 Å². The van der Waals surface area contributed by atoms with E-state index in [-0.39, 0.29) is 11.1 Å². The van der Waals surface area contributed by atoms with Crippen LogP contribution in [0, 0.1) is 21.8 Å². The zero-order valence-electron chi connectivity index (χ0n) is 11.8. The summed E-state index contributed by atoms with van der Waals surface area (Å²) in [4.78, 5) is 14.6. The van der Waals surface area contributed by atoms with Gasteiger partial charge in [-0.3, -0.25) is 15.1 Å². The van der Waals surface area contributed by atoms with Gasteiger partial charge in [0.15, 0.2) is 0 Å². The van der Waals surface area contributed by atoms with E-state index in [0.29, 0.717) is 28.8 Å². The lowest BCUT2D eigenvalue weighted by atomic mass is 9.98. The maximum absolute atomic E-state index is 14.2. The fraction of sp³-hybridized carbons (Fsp3) is 0.400. The molecule has 0 N–H and O–H groups in total. The van der Waals surface area contributed by atoms with Crippen molar-refractivity contribution in [1.29, 1.82) is 0 Å². The van der Waals surface area contributed by atoms with Crippen molar-refractivity contribution in [3.63, 3.8) is 0 Å². The van der Waals surface area contributed by atoms with E-state index in [1.165, 1.54) is 6.20 Å². The summed E-state index contributed by atoms with van der Waals surface area (Å²) in [6.45, 7) is 4.08. The quantitative estimate of drug-likeness (QED) is 0.465. The van der Waals surface area contributed by atoms with E-state index in [1.54, 1.807) is 12.1 Å². The van der Waals surface area contributed by atoms with E-state index >= 15 is 0 Å². The predicted molar refractivity (Wildman–Crippen MR) is 81.2 cm³/mol. The molecule has 2 aromatic rings. The summed E-state index contributed by atoms with van der Waals surface area (Å²) in [6.07, 6.45) is 2.55. The number of nitro groups is 1. The van der Waals surface area contributed by atoms with Crippen molar-refractivity contribution in [1.82, 2.24) is 4.98 Å². The van der Waals surface area contributed by atoms with Gasteiger partial charge in [-0.1, -0.05) is 13.8 Å². The van der Waals surface area contributed by atoms with Crippen LogP contribution in [0.25, 0.3) is 10.9 Å². The molecule has 0 spiro atoms. The second-order valence-corrected chi connectivity index (χ2v) is 6.06. The molecule has 0 fully saturated rings.